The Bertz CT molecular complexity index is 808. The Balaban J connectivity index is 1.68. The predicted molar refractivity (Wildman–Crippen MR) is 109 cm³/mol. The summed E-state index contributed by atoms with van der Waals surface area (Å²) >= 11 is 0. The molecule has 3 saturated heterocycles. The summed E-state index contributed by atoms with van der Waals surface area (Å²) < 4.78 is 0. The fraction of sp³-hybridized carbons (Fsp3) is 0.591. The summed E-state index contributed by atoms with van der Waals surface area (Å²) in [5.41, 5.74) is 0.671. The van der Waals surface area contributed by atoms with Gasteiger partial charge in [0.05, 0.1) is 17.5 Å². The number of fused-ring (bicyclic) bond motifs is 1. The zero-order valence-electron chi connectivity index (χ0n) is 17.4. The summed E-state index contributed by atoms with van der Waals surface area (Å²) in [7, 11) is 2.07. The molecule has 3 heterocycles. The van der Waals surface area contributed by atoms with E-state index in [-0.39, 0.29) is 35.6 Å². The lowest BCUT2D eigenvalue weighted by Crippen LogP contribution is -2.63. The Kier molecular flexibility index (Phi) is 5.11. The molecule has 3 aliphatic rings. The van der Waals surface area contributed by atoms with E-state index in [1.807, 2.05) is 23.1 Å². The highest BCUT2D eigenvalue weighted by Crippen LogP contribution is 2.48. The molecule has 0 radical (unpaired) electrons. The smallest absolute Gasteiger partial charge is 0.229 e. The van der Waals surface area contributed by atoms with Crippen molar-refractivity contribution >= 4 is 17.7 Å². The molecule has 1 aromatic carbocycles. The van der Waals surface area contributed by atoms with Gasteiger partial charge in [-0.05, 0) is 25.6 Å². The van der Waals surface area contributed by atoms with E-state index in [2.05, 4.69) is 29.4 Å². The maximum absolute atomic E-state index is 13.5. The molecular weight excluding hydrogens is 368 g/mol. The summed E-state index contributed by atoms with van der Waals surface area (Å²) in [6.45, 7) is 6.26. The van der Waals surface area contributed by atoms with Gasteiger partial charge in [0.2, 0.25) is 17.7 Å². The molecule has 1 aromatic rings. The summed E-state index contributed by atoms with van der Waals surface area (Å²) in [5, 5.41) is 3.24. The number of likely N-dealkylation sites (N-methyl/N-ethyl adjacent to an activating group) is 1. The van der Waals surface area contributed by atoms with Crippen LogP contribution < -0.4 is 5.32 Å². The van der Waals surface area contributed by atoms with E-state index in [1.165, 1.54) is 0 Å². The number of nitrogens with one attached hydrogen (secondary N) is 1. The largest absolute Gasteiger partial charge is 0.347 e. The van der Waals surface area contributed by atoms with E-state index in [9.17, 15) is 14.4 Å². The van der Waals surface area contributed by atoms with E-state index in [0.29, 0.717) is 19.6 Å². The highest BCUT2D eigenvalue weighted by molar-refractivity contribution is 5.85. The number of hydrogen-bond donors (Lipinski definition) is 1. The summed E-state index contributed by atoms with van der Waals surface area (Å²) in [4.78, 5) is 43.1. The Morgan fingerprint density at radius 1 is 1.07 bits per heavy atom. The zero-order chi connectivity index (χ0) is 20.8. The zero-order valence-corrected chi connectivity index (χ0v) is 17.4. The fourth-order valence-corrected chi connectivity index (χ4v) is 5.49. The number of nitrogens with zero attached hydrogens (tertiary/aromatic N) is 3. The number of rotatable bonds is 3. The normalized spacial score (nSPS) is 29.9. The van der Waals surface area contributed by atoms with Crippen molar-refractivity contribution in [2.45, 2.75) is 31.8 Å². The van der Waals surface area contributed by atoms with Crippen LogP contribution >= 0.6 is 0 Å². The Labute approximate surface area is 172 Å². The molecule has 0 aromatic heterocycles. The number of carbonyl (C=O) groups is 3. The van der Waals surface area contributed by atoms with Gasteiger partial charge in [0.15, 0.2) is 0 Å². The van der Waals surface area contributed by atoms with Gasteiger partial charge >= 0.3 is 0 Å². The van der Waals surface area contributed by atoms with Crippen LogP contribution in [0.3, 0.4) is 0 Å². The number of piperidine rings is 1. The lowest BCUT2D eigenvalue weighted by Gasteiger charge is -2.44. The van der Waals surface area contributed by atoms with Crippen molar-refractivity contribution in [3.63, 3.8) is 0 Å². The van der Waals surface area contributed by atoms with Crippen LogP contribution in [0.15, 0.2) is 30.3 Å². The van der Waals surface area contributed by atoms with Crippen molar-refractivity contribution in [2.75, 3.05) is 39.8 Å². The Morgan fingerprint density at radius 2 is 1.76 bits per heavy atom. The lowest BCUT2D eigenvalue weighted by atomic mass is 9.76. The Morgan fingerprint density at radius 3 is 2.38 bits per heavy atom. The van der Waals surface area contributed by atoms with Crippen molar-refractivity contribution in [1.29, 1.82) is 0 Å². The van der Waals surface area contributed by atoms with Crippen LogP contribution in [0.4, 0.5) is 0 Å². The lowest BCUT2D eigenvalue weighted by molar-refractivity contribution is -0.148. The number of hydrogen-bond acceptors (Lipinski definition) is 4. The first kappa shape index (κ1) is 19.9. The highest BCUT2D eigenvalue weighted by Gasteiger charge is 2.57. The molecule has 156 valence electrons. The second-order valence-electron chi connectivity index (χ2n) is 8.91. The first-order valence-electron chi connectivity index (χ1n) is 10.4. The minimum Gasteiger partial charge on any atom is -0.347 e. The van der Waals surface area contributed by atoms with Gasteiger partial charge in [0.25, 0.3) is 0 Å². The van der Waals surface area contributed by atoms with Gasteiger partial charge in [-0.2, -0.15) is 0 Å². The average molecular weight is 399 g/mol. The standard InChI is InChI=1S/C22H30N4O3/c1-15(27)23-22-13-24(3)10-9-19(22)20(17-7-5-4-6-8-17)26(14-22)21(29)18-11-25(12-18)16(2)28/h4-8,18-20H,9-14H2,1-3H3,(H,23,27)/t19-,20-,22-/m1/s1. The number of benzene rings is 1. The van der Waals surface area contributed by atoms with Crippen LogP contribution in [0.5, 0.6) is 0 Å². The molecule has 3 aliphatic heterocycles. The third-order valence-corrected chi connectivity index (χ3v) is 6.78. The van der Waals surface area contributed by atoms with Crippen LogP contribution in [0, 0.1) is 11.8 Å². The highest BCUT2D eigenvalue weighted by atomic mass is 16.2. The van der Waals surface area contributed by atoms with E-state index in [4.69, 9.17) is 0 Å². The van der Waals surface area contributed by atoms with Crippen molar-refractivity contribution in [2.24, 2.45) is 11.8 Å². The minimum atomic E-state index is -0.445. The second-order valence-corrected chi connectivity index (χ2v) is 8.91. The molecule has 0 saturated carbocycles. The SMILES string of the molecule is CC(=O)N[C@@]12CN(C)CC[C@@H]1[C@@H](c1ccccc1)N(C(=O)C1CN(C(C)=O)C1)C2. The molecule has 0 unspecified atom stereocenters. The summed E-state index contributed by atoms with van der Waals surface area (Å²) in [6.07, 6.45) is 0.921. The first-order chi connectivity index (χ1) is 13.8. The molecule has 1 N–H and O–H groups in total. The number of carbonyl (C=O) groups excluding carboxylic acids is 3. The van der Waals surface area contributed by atoms with Crippen LogP contribution in [-0.2, 0) is 14.4 Å². The van der Waals surface area contributed by atoms with Crippen LogP contribution in [0.25, 0.3) is 0 Å². The first-order valence-corrected chi connectivity index (χ1v) is 10.4. The molecule has 7 heteroatoms. The van der Waals surface area contributed by atoms with Gasteiger partial charge in [-0.15, -0.1) is 0 Å². The van der Waals surface area contributed by atoms with Gasteiger partial charge in [-0.1, -0.05) is 30.3 Å². The molecule has 0 spiro atoms. The quantitative estimate of drug-likeness (QED) is 0.820. The maximum Gasteiger partial charge on any atom is 0.229 e. The number of likely N-dealkylation sites (tertiary alicyclic amines) is 3. The molecule has 3 fully saturated rings. The van der Waals surface area contributed by atoms with Gasteiger partial charge in [0, 0.05) is 45.9 Å². The molecular formula is C22H30N4O3. The van der Waals surface area contributed by atoms with Gasteiger partial charge in [0.1, 0.15) is 0 Å². The van der Waals surface area contributed by atoms with Crippen LogP contribution in [-0.4, -0.2) is 77.7 Å². The van der Waals surface area contributed by atoms with Crippen molar-refractivity contribution < 1.29 is 14.4 Å². The van der Waals surface area contributed by atoms with E-state index in [1.54, 1.807) is 18.7 Å². The molecule has 0 bridgehead atoms. The fourth-order valence-electron chi connectivity index (χ4n) is 5.49. The molecule has 7 nitrogen and oxygen atoms in total. The summed E-state index contributed by atoms with van der Waals surface area (Å²) in [6, 6.07) is 10.1. The average Bonchev–Trinajstić information content (AvgIpc) is 2.93. The molecule has 3 amide bonds. The molecule has 4 rings (SSSR count). The minimum absolute atomic E-state index is 0.0140. The van der Waals surface area contributed by atoms with Crippen molar-refractivity contribution in [1.82, 2.24) is 20.0 Å². The third kappa shape index (κ3) is 3.52. The Hall–Kier alpha value is -2.41. The van der Waals surface area contributed by atoms with Crippen molar-refractivity contribution in [3.05, 3.63) is 35.9 Å². The predicted octanol–water partition coefficient (Wildman–Crippen LogP) is 0.875. The van der Waals surface area contributed by atoms with E-state index in [0.717, 1.165) is 25.1 Å². The number of amides is 3. The molecule has 29 heavy (non-hydrogen) atoms. The van der Waals surface area contributed by atoms with Gasteiger partial charge in [-0.3, -0.25) is 14.4 Å². The van der Waals surface area contributed by atoms with E-state index < -0.39 is 5.54 Å². The molecule has 0 aliphatic carbocycles. The molecule has 3 atom stereocenters. The third-order valence-electron chi connectivity index (χ3n) is 6.78. The van der Waals surface area contributed by atoms with Gasteiger partial charge in [-0.25, -0.2) is 0 Å². The van der Waals surface area contributed by atoms with Crippen molar-refractivity contribution in [3.8, 4) is 0 Å². The van der Waals surface area contributed by atoms with Crippen LogP contribution in [0.2, 0.25) is 0 Å². The van der Waals surface area contributed by atoms with Crippen LogP contribution in [0.1, 0.15) is 31.9 Å². The maximum atomic E-state index is 13.5. The topological polar surface area (TPSA) is 73.0 Å². The summed E-state index contributed by atoms with van der Waals surface area (Å²) in [5.74, 6) is 0.0614. The van der Waals surface area contributed by atoms with E-state index >= 15 is 0 Å². The van der Waals surface area contributed by atoms with Gasteiger partial charge < -0.3 is 20.0 Å². The second kappa shape index (κ2) is 7.44. The monoisotopic (exact) mass is 398 g/mol.